The Hall–Kier alpha value is -0.875. The van der Waals surface area contributed by atoms with Gasteiger partial charge in [-0.25, -0.2) is 0 Å². The van der Waals surface area contributed by atoms with Crippen LogP contribution in [0.2, 0.25) is 5.02 Å². The summed E-state index contributed by atoms with van der Waals surface area (Å²) in [6.07, 6.45) is -0.767. The molecule has 0 amide bonds. The van der Waals surface area contributed by atoms with Gasteiger partial charge in [0, 0.05) is 26.2 Å². The molecule has 0 unspecified atom stereocenters. The Labute approximate surface area is 109 Å². The van der Waals surface area contributed by atoms with Crippen molar-refractivity contribution in [2.45, 2.75) is 0 Å². The molecule has 18 heavy (non-hydrogen) atoms. The summed E-state index contributed by atoms with van der Waals surface area (Å²) in [5.74, 6) is 0. The summed E-state index contributed by atoms with van der Waals surface area (Å²) in [6, 6.07) is 7.41. The third-order valence-electron chi connectivity index (χ3n) is 3.03. The summed E-state index contributed by atoms with van der Waals surface area (Å²) >= 11 is 6.07. The summed E-state index contributed by atoms with van der Waals surface area (Å²) in [4.78, 5) is 3.48. The molecule has 0 atom stereocenters. The average Bonchev–Trinajstić information content (AvgIpc) is 2.29. The van der Waals surface area contributed by atoms with E-state index >= 15 is 0 Å². The van der Waals surface area contributed by atoms with Crippen molar-refractivity contribution >= 4 is 24.3 Å². The highest BCUT2D eigenvalue weighted by Gasteiger charge is 2.28. The van der Waals surface area contributed by atoms with Gasteiger partial charge >= 0.3 is 6.98 Å². The minimum atomic E-state index is -4.73. The molecule has 1 aromatic carbocycles. The molecule has 7 heteroatoms. The van der Waals surface area contributed by atoms with Crippen LogP contribution in [0.25, 0.3) is 0 Å². The maximum Gasteiger partial charge on any atom is 0.492 e. The minimum Gasteiger partial charge on any atom is -0.448 e. The Morgan fingerprint density at radius 1 is 1.06 bits per heavy atom. The van der Waals surface area contributed by atoms with Gasteiger partial charge in [-0.15, -0.1) is 0 Å². The highest BCUT2D eigenvalue weighted by Crippen LogP contribution is 2.26. The molecule has 0 spiro atoms. The monoisotopic (exact) mass is 277 g/mol. The molecule has 1 aromatic rings. The molecule has 1 heterocycles. The van der Waals surface area contributed by atoms with Crippen molar-refractivity contribution < 1.29 is 12.9 Å². The molecule has 1 aliphatic heterocycles. The zero-order valence-corrected chi connectivity index (χ0v) is 10.6. The van der Waals surface area contributed by atoms with Gasteiger partial charge in [0.25, 0.3) is 0 Å². The molecule has 1 saturated heterocycles. The van der Waals surface area contributed by atoms with Crippen LogP contribution in [0.4, 0.5) is 18.6 Å². The lowest BCUT2D eigenvalue weighted by molar-refractivity contribution is 0.263. The predicted molar refractivity (Wildman–Crippen MR) is 69.2 cm³/mol. The second kappa shape index (κ2) is 5.40. The number of para-hydroxylation sites is 1. The third-order valence-corrected chi connectivity index (χ3v) is 3.35. The van der Waals surface area contributed by atoms with E-state index in [0.29, 0.717) is 31.2 Å². The predicted octanol–water partition coefficient (Wildman–Crippen LogP) is 2.85. The van der Waals surface area contributed by atoms with Crippen LogP contribution < -0.4 is 4.90 Å². The van der Waals surface area contributed by atoms with Crippen molar-refractivity contribution in [3.05, 3.63) is 29.3 Å². The molecule has 0 N–H and O–H groups in total. The fourth-order valence-corrected chi connectivity index (χ4v) is 2.43. The van der Waals surface area contributed by atoms with E-state index in [1.54, 1.807) is 6.07 Å². The molecule has 0 aromatic heterocycles. The first-order valence-electron chi connectivity index (χ1n) is 5.88. The summed E-state index contributed by atoms with van der Waals surface area (Å²) in [5, 5.41) is 0.644. The molecular formula is C11H14BClF3N2-. The zero-order chi connectivity index (χ0) is 13.2. The quantitative estimate of drug-likeness (QED) is 0.784. The summed E-state index contributed by atoms with van der Waals surface area (Å²) < 4.78 is 36.9. The van der Waals surface area contributed by atoms with E-state index in [2.05, 4.69) is 0 Å². The average molecular weight is 278 g/mol. The van der Waals surface area contributed by atoms with Gasteiger partial charge in [-0.1, -0.05) is 23.7 Å². The molecular weight excluding hydrogens is 263 g/mol. The van der Waals surface area contributed by atoms with Crippen LogP contribution in [0.1, 0.15) is 0 Å². The number of anilines is 1. The van der Waals surface area contributed by atoms with Crippen LogP contribution in [0.5, 0.6) is 0 Å². The van der Waals surface area contributed by atoms with Gasteiger partial charge in [0.05, 0.1) is 10.7 Å². The Morgan fingerprint density at radius 2 is 1.67 bits per heavy atom. The molecule has 0 aliphatic carbocycles. The number of nitrogens with zero attached hydrogens (tertiary/aromatic N) is 2. The molecule has 1 aliphatic rings. The first kappa shape index (κ1) is 13.6. The van der Waals surface area contributed by atoms with Gasteiger partial charge in [0.2, 0.25) is 0 Å². The molecule has 0 radical (unpaired) electrons. The van der Waals surface area contributed by atoms with Crippen LogP contribution in [0.15, 0.2) is 24.3 Å². The summed E-state index contributed by atoms with van der Waals surface area (Å²) in [6.45, 7) is -2.72. The van der Waals surface area contributed by atoms with E-state index in [1.165, 1.54) is 4.90 Å². The fraction of sp³-hybridized carbons (Fsp3) is 0.455. The van der Waals surface area contributed by atoms with Crippen molar-refractivity contribution in [3.8, 4) is 0 Å². The Balaban J connectivity index is 1.93. The maximum absolute atomic E-state index is 12.3. The van der Waals surface area contributed by atoms with Gasteiger partial charge < -0.3 is 22.7 Å². The first-order chi connectivity index (χ1) is 8.46. The molecule has 2 nitrogen and oxygen atoms in total. The Morgan fingerprint density at radius 3 is 2.22 bits per heavy atom. The fourth-order valence-electron chi connectivity index (χ4n) is 2.17. The normalized spacial score (nSPS) is 18.1. The Kier molecular flexibility index (Phi) is 4.07. The van der Waals surface area contributed by atoms with Crippen molar-refractivity contribution in [2.24, 2.45) is 0 Å². The van der Waals surface area contributed by atoms with Crippen molar-refractivity contribution in [2.75, 3.05) is 37.5 Å². The largest absolute Gasteiger partial charge is 0.492 e. The lowest BCUT2D eigenvalue weighted by atomic mass is 9.91. The van der Waals surface area contributed by atoms with Crippen molar-refractivity contribution in [3.63, 3.8) is 0 Å². The highest BCUT2D eigenvalue weighted by atomic mass is 35.5. The maximum atomic E-state index is 12.3. The molecule has 2 rings (SSSR count). The smallest absolute Gasteiger partial charge is 0.448 e. The second-order valence-electron chi connectivity index (χ2n) is 4.45. The van der Waals surface area contributed by atoms with E-state index in [9.17, 15) is 12.9 Å². The third kappa shape index (κ3) is 3.56. The summed E-state index contributed by atoms with van der Waals surface area (Å²) in [7, 11) is 0. The number of halogens is 4. The van der Waals surface area contributed by atoms with Crippen molar-refractivity contribution in [1.29, 1.82) is 0 Å². The van der Waals surface area contributed by atoms with Crippen LogP contribution in [0, 0.1) is 0 Å². The highest BCUT2D eigenvalue weighted by molar-refractivity contribution is 6.58. The molecule has 1 fully saturated rings. The van der Waals surface area contributed by atoms with E-state index in [1.807, 2.05) is 23.1 Å². The topological polar surface area (TPSA) is 6.48 Å². The van der Waals surface area contributed by atoms with E-state index in [-0.39, 0.29) is 0 Å². The number of benzene rings is 1. The molecule has 0 saturated carbocycles. The lowest BCUT2D eigenvalue weighted by Gasteiger charge is -2.38. The molecule has 100 valence electrons. The van der Waals surface area contributed by atoms with Crippen LogP contribution in [0.3, 0.4) is 0 Å². The molecule has 0 bridgehead atoms. The first-order valence-corrected chi connectivity index (χ1v) is 6.26. The van der Waals surface area contributed by atoms with Gasteiger partial charge in [0.1, 0.15) is 0 Å². The minimum absolute atomic E-state index is 0.423. The van der Waals surface area contributed by atoms with Gasteiger partial charge in [-0.2, -0.15) is 0 Å². The van der Waals surface area contributed by atoms with Crippen LogP contribution >= 0.6 is 11.6 Å². The van der Waals surface area contributed by atoms with E-state index in [4.69, 9.17) is 11.6 Å². The van der Waals surface area contributed by atoms with Crippen molar-refractivity contribution in [1.82, 2.24) is 4.90 Å². The number of hydrogen-bond acceptors (Lipinski definition) is 2. The number of rotatable bonds is 3. The second-order valence-corrected chi connectivity index (χ2v) is 4.86. The number of piperazine rings is 1. The van der Waals surface area contributed by atoms with Crippen LogP contribution in [-0.2, 0) is 0 Å². The lowest BCUT2D eigenvalue weighted by Crippen LogP contribution is -2.50. The number of hydrogen-bond donors (Lipinski definition) is 0. The summed E-state index contributed by atoms with van der Waals surface area (Å²) in [5.41, 5.74) is 0.899. The zero-order valence-electron chi connectivity index (χ0n) is 9.83. The van der Waals surface area contributed by atoms with Gasteiger partial charge in [0.15, 0.2) is 0 Å². The van der Waals surface area contributed by atoms with Crippen LogP contribution in [-0.4, -0.2) is 44.5 Å². The van der Waals surface area contributed by atoms with Gasteiger partial charge in [-0.3, -0.25) is 0 Å². The standard InChI is InChI=1S/C11H14BClF3N2/c13-10-3-1-2-4-11(10)18-7-5-17(6-8-18)9-12(14,15)16/h1-4H,5-9H2/q-1. The SMILES string of the molecule is F[B-](F)(F)CN1CCN(c2ccccc2Cl)CC1. The van der Waals surface area contributed by atoms with E-state index < -0.39 is 13.4 Å². The van der Waals surface area contributed by atoms with Gasteiger partial charge in [-0.05, 0) is 18.6 Å². The Bertz CT molecular complexity index is 406. The van der Waals surface area contributed by atoms with E-state index in [0.717, 1.165) is 5.69 Å².